The second-order valence-corrected chi connectivity index (χ2v) is 7.63. The van der Waals surface area contributed by atoms with Gasteiger partial charge >= 0.3 is 6.03 Å². The van der Waals surface area contributed by atoms with Crippen molar-refractivity contribution in [2.24, 2.45) is 0 Å². The fourth-order valence-electron chi connectivity index (χ4n) is 3.55. The molecule has 1 aliphatic heterocycles. The van der Waals surface area contributed by atoms with Crippen molar-refractivity contribution >= 4 is 11.7 Å². The van der Waals surface area contributed by atoms with E-state index in [1.54, 1.807) is 11.0 Å². The minimum absolute atomic E-state index is 0.158. The lowest BCUT2D eigenvalue weighted by Crippen LogP contribution is -2.36. The molecule has 0 spiro atoms. The van der Waals surface area contributed by atoms with Crippen molar-refractivity contribution in [3.63, 3.8) is 0 Å². The third-order valence-corrected chi connectivity index (χ3v) is 5.09. The molecular weight excluding hydrogens is 395 g/mol. The second kappa shape index (κ2) is 9.62. The summed E-state index contributed by atoms with van der Waals surface area (Å²) in [4.78, 5) is 14.5. The summed E-state index contributed by atoms with van der Waals surface area (Å²) in [7, 11) is 0. The zero-order valence-electron chi connectivity index (χ0n) is 17.4. The molecule has 4 rings (SSSR count). The topological polar surface area (TPSA) is 50.8 Å². The van der Waals surface area contributed by atoms with Gasteiger partial charge in [-0.15, -0.1) is 0 Å². The van der Waals surface area contributed by atoms with Crippen molar-refractivity contribution < 1.29 is 18.7 Å². The number of fused-ring (bicyclic) bond motifs is 1. The number of benzene rings is 3. The number of hydrogen-bond donors (Lipinski definition) is 1. The Bertz CT molecular complexity index is 1070. The van der Waals surface area contributed by atoms with E-state index in [0.717, 1.165) is 33.7 Å². The normalized spacial score (nSPS) is 13.2. The fourth-order valence-corrected chi connectivity index (χ4v) is 3.55. The Balaban J connectivity index is 1.39. The van der Waals surface area contributed by atoms with Crippen LogP contribution >= 0.6 is 0 Å². The first-order valence-corrected chi connectivity index (χ1v) is 10.3. The van der Waals surface area contributed by atoms with Crippen LogP contribution in [0.15, 0.2) is 66.7 Å². The lowest BCUT2D eigenvalue weighted by atomic mass is 10.1. The molecule has 31 heavy (non-hydrogen) atoms. The summed E-state index contributed by atoms with van der Waals surface area (Å²) in [5, 5.41) is 2.96. The van der Waals surface area contributed by atoms with Crippen molar-refractivity contribution in [3.8, 4) is 5.75 Å². The molecule has 0 saturated carbocycles. The van der Waals surface area contributed by atoms with E-state index in [1.807, 2.05) is 55.5 Å². The first-order valence-electron chi connectivity index (χ1n) is 10.3. The first-order chi connectivity index (χ1) is 15.1. The number of urea groups is 1. The van der Waals surface area contributed by atoms with Crippen LogP contribution in [0.25, 0.3) is 0 Å². The Morgan fingerprint density at radius 1 is 1.06 bits per heavy atom. The number of aryl methyl sites for hydroxylation is 1. The molecule has 160 valence electrons. The lowest BCUT2D eigenvalue weighted by molar-refractivity contribution is 0.107. The van der Waals surface area contributed by atoms with Crippen LogP contribution in [-0.4, -0.2) is 24.1 Å². The maximum absolute atomic E-state index is 13.3. The predicted molar refractivity (Wildman–Crippen MR) is 117 cm³/mol. The van der Waals surface area contributed by atoms with Gasteiger partial charge in [-0.3, -0.25) is 0 Å². The van der Waals surface area contributed by atoms with E-state index < -0.39 is 0 Å². The summed E-state index contributed by atoms with van der Waals surface area (Å²) >= 11 is 0. The molecule has 2 amide bonds. The summed E-state index contributed by atoms with van der Waals surface area (Å²) in [5.41, 5.74) is 4.56. The van der Waals surface area contributed by atoms with Gasteiger partial charge in [0.2, 0.25) is 0 Å². The molecule has 0 aromatic heterocycles. The van der Waals surface area contributed by atoms with Crippen molar-refractivity contribution in [1.82, 2.24) is 4.90 Å². The van der Waals surface area contributed by atoms with Crippen LogP contribution in [0.2, 0.25) is 0 Å². The predicted octanol–water partition coefficient (Wildman–Crippen LogP) is 5.28. The smallest absolute Gasteiger partial charge is 0.322 e. The molecule has 1 heterocycles. The summed E-state index contributed by atoms with van der Waals surface area (Å²) in [6, 6.07) is 19.8. The molecule has 1 aliphatic rings. The van der Waals surface area contributed by atoms with Gasteiger partial charge < -0.3 is 19.7 Å². The van der Waals surface area contributed by atoms with Crippen molar-refractivity contribution in [3.05, 3.63) is 94.8 Å². The molecule has 0 unspecified atom stereocenters. The number of amides is 2. The van der Waals surface area contributed by atoms with Crippen molar-refractivity contribution in [2.45, 2.75) is 26.7 Å². The average Bonchev–Trinajstić information content (AvgIpc) is 2.96. The molecule has 0 atom stereocenters. The molecule has 0 radical (unpaired) electrons. The van der Waals surface area contributed by atoms with Crippen LogP contribution in [0, 0.1) is 12.7 Å². The monoisotopic (exact) mass is 420 g/mol. The third kappa shape index (κ3) is 5.61. The fraction of sp³-hybridized carbons (Fsp3) is 0.240. The van der Waals surface area contributed by atoms with Crippen LogP contribution in [-0.2, 0) is 24.5 Å². The number of ether oxygens (including phenoxy) is 2. The van der Waals surface area contributed by atoms with Gasteiger partial charge in [0.25, 0.3) is 0 Å². The zero-order chi connectivity index (χ0) is 21.6. The SMILES string of the molecule is Cc1cccc(NC(=O)N2CCOc3ccc(COCc4cccc(F)c4)cc3C2)c1. The molecule has 0 aliphatic carbocycles. The molecule has 6 heteroatoms. The molecule has 1 N–H and O–H groups in total. The van der Waals surface area contributed by atoms with Gasteiger partial charge in [0.1, 0.15) is 18.2 Å². The molecule has 0 saturated heterocycles. The highest BCUT2D eigenvalue weighted by Crippen LogP contribution is 2.25. The molecule has 0 bridgehead atoms. The van der Waals surface area contributed by atoms with E-state index in [1.165, 1.54) is 12.1 Å². The van der Waals surface area contributed by atoms with Crippen molar-refractivity contribution in [2.75, 3.05) is 18.5 Å². The van der Waals surface area contributed by atoms with Gasteiger partial charge in [-0.1, -0.05) is 30.3 Å². The van der Waals surface area contributed by atoms with Gasteiger partial charge in [0.15, 0.2) is 0 Å². The number of halogens is 1. The van der Waals surface area contributed by atoms with E-state index in [-0.39, 0.29) is 11.8 Å². The quantitative estimate of drug-likeness (QED) is 0.611. The zero-order valence-corrected chi connectivity index (χ0v) is 17.4. The number of anilines is 1. The molecule has 3 aromatic carbocycles. The minimum atomic E-state index is -0.271. The Labute approximate surface area is 181 Å². The highest BCUT2D eigenvalue weighted by atomic mass is 19.1. The maximum atomic E-state index is 13.3. The number of nitrogens with one attached hydrogen (secondary N) is 1. The Hall–Kier alpha value is -3.38. The summed E-state index contributed by atoms with van der Waals surface area (Å²) in [5.74, 6) is 0.507. The van der Waals surface area contributed by atoms with Crippen LogP contribution in [0.5, 0.6) is 5.75 Å². The summed E-state index contributed by atoms with van der Waals surface area (Å²) < 4.78 is 24.9. The molecular formula is C25H25FN2O3. The van der Waals surface area contributed by atoms with Crippen LogP contribution in [0.3, 0.4) is 0 Å². The van der Waals surface area contributed by atoms with E-state index in [4.69, 9.17) is 9.47 Å². The largest absolute Gasteiger partial charge is 0.491 e. The Morgan fingerprint density at radius 2 is 1.87 bits per heavy atom. The van der Waals surface area contributed by atoms with E-state index in [2.05, 4.69) is 5.32 Å². The number of carbonyl (C=O) groups excluding carboxylic acids is 1. The van der Waals surface area contributed by atoms with Crippen molar-refractivity contribution in [1.29, 1.82) is 0 Å². The maximum Gasteiger partial charge on any atom is 0.322 e. The van der Waals surface area contributed by atoms with E-state index in [9.17, 15) is 9.18 Å². The number of rotatable bonds is 5. The van der Waals surface area contributed by atoms with Gasteiger partial charge in [0.05, 0.1) is 26.3 Å². The summed E-state index contributed by atoms with van der Waals surface area (Å²) in [6.45, 7) is 4.09. The lowest BCUT2D eigenvalue weighted by Gasteiger charge is -2.20. The van der Waals surface area contributed by atoms with Crippen LogP contribution < -0.4 is 10.1 Å². The van der Waals surface area contributed by atoms with E-state index >= 15 is 0 Å². The second-order valence-electron chi connectivity index (χ2n) is 7.63. The minimum Gasteiger partial charge on any atom is -0.491 e. The van der Waals surface area contributed by atoms with Crippen LogP contribution in [0.4, 0.5) is 14.9 Å². The molecule has 0 fully saturated rings. The Morgan fingerprint density at radius 3 is 2.68 bits per heavy atom. The molecule has 5 nitrogen and oxygen atoms in total. The number of carbonyl (C=O) groups is 1. The van der Waals surface area contributed by atoms with Gasteiger partial charge in [-0.25, -0.2) is 9.18 Å². The van der Waals surface area contributed by atoms with Crippen LogP contribution in [0.1, 0.15) is 22.3 Å². The van der Waals surface area contributed by atoms with Gasteiger partial charge in [0, 0.05) is 11.3 Å². The number of nitrogens with zero attached hydrogens (tertiary/aromatic N) is 1. The average molecular weight is 420 g/mol. The highest BCUT2D eigenvalue weighted by molar-refractivity contribution is 5.89. The first kappa shape index (κ1) is 20.9. The molecule has 3 aromatic rings. The Kier molecular flexibility index (Phi) is 6.48. The van der Waals surface area contributed by atoms with E-state index in [0.29, 0.717) is 32.9 Å². The standard InChI is InChI=1S/C25H25FN2O3/c1-18-4-2-7-23(12-18)27-25(29)28-10-11-31-24-9-8-20(13-21(24)15-28)17-30-16-19-5-3-6-22(26)14-19/h2-9,12-14H,10-11,15-17H2,1H3,(H,27,29). The van der Waals surface area contributed by atoms with Gasteiger partial charge in [-0.05, 0) is 60.0 Å². The van der Waals surface area contributed by atoms with Gasteiger partial charge in [-0.2, -0.15) is 0 Å². The summed E-state index contributed by atoms with van der Waals surface area (Å²) in [6.07, 6.45) is 0. The number of hydrogen-bond acceptors (Lipinski definition) is 3. The highest BCUT2D eigenvalue weighted by Gasteiger charge is 2.20. The third-order valence-electron chi connectivity index (χ3n) is 5.09.